The number of pyridine rings is 1. The van der Waals surface area contributed by atoms with Crippen LogP contribution in [0.1, 0.15) is 11.1 Å². The number of benzene rings is 1. The molecule has 2 heterocycles. The average Bonchev–Trinajstić information content (AvgIpc) is 3.12. The Hall–Kier alpha value is -3.17. The molecule has 8 nitrogen and oxygen atoms in total. The number of aromatic amines is 1. The molecule has 2 aromatic heterocycles. The molecule has 3 aromatic rings. The molecule has 4 N–H and O–H groups in total. The molecule has 0 saturated heterocycles. The lowest BCUT2D eigenvalue weighted by molar-refractivity contribution is -0.134. The molecule has 1 aromatic carbocycles. The highest BCUT2D eigenvalue weighted by atomic mass is 79.9. The number of nitrogens with zero attached hydrogens (tertiary/aromatic N) is 1. The van der Waals surface area contributed by atoms with E-state index in [4.69, 9.17) is 14.9 Å². The van der Waals surface area contributed by atoms with Crippen LogP contribution in [0.4, 0.5) is 0 Å². The summed E-state index contributed by atoms with van der Waals surface area (Å²) in [5, 5.41) is 20.3. The Kier molecular flexibility index (Phi) is 9.04. The fraction of sp³-hybridized carbons (Fsp3) is 0.190. The molecule has 9 heteroatoms. The molecule has 0 aliphatic carbocycles. The topological polar surface area (TPSA) is 125 Å². The zero-order chi connectivity index (χ0) is 21.9. The predicted molar refractivity (Wildman–Crippen MR) is 117 cm³/mol. The molecule has 3 rings (SSSR count). The van der Waals surface area contributed by atoms with Crippen LogP contribution in [-0.2, 0) is 22.6 Å². The van der Waals surface area contributed by atoms with Crippen molar-refractivity contribution in [3.63, 3.8) is 0 Å². The van der Waals surface area contributed by atoms with Crippen molar-refractivity contribution < 1.29 is 24.5 Å². The van der Waals surface area contributed by atoms with Crippen LogP contribution in [0.2, 0.25) is 0 Å². The van der Waals surface area contributed by atoms with Crippen LogP contribution in [-0.4, -0.2) is 45.8 Å². The fourth-order valence-corrected chi connectivity index (χ4v) is 3.01. The highest BCUT2D eigenvalue weighted by Crippen LogP contribution is 2.21. The number of para-hydroxylation sites is 1. The number of rotatable bonds is 8. The van der Waals surface area contributed by atoms with Crippen molar-refractivity contribution in [1.29, 1.82) is 0 Å². The molecule has 0 aliphatic rings. The number of carbonyl (C=O) groups is 2. The molecule has 0 fully saturated rings. The van der Waals surface area contributed by atoms with Crippen LogP contribution in [0.3, 0.4) is 0 Å². The van der Waals surface area contributed by atoms with Gasteiger partial charge in [-0.1, -0.05) is 18.2 Å². The minimum absolute atomic E-state index is 0.558. The van der Waals surface area contributed by atoms with Gasteiger partial charge >= 0.3 is 11.9 Å². The van der Waals surface area contributed by atoms with Crippen molar-refractivity contribution in [3.05, 3.63) is 70.5 Å². The first kappa shape index (κ1) is 23.1. The first-order chi connectivity index (χ1) is 14.4. The number of fused-ring (bicyclic) bond motifs is 1. The van der Waals surface area contributed by atoms with E-state index in [2.05, 4.69) is 43.3 Å². The third-order valence-electron chi connectivity index (χ3n) is 4.03. The van der Waals surface area contributed by atoms with Gasteiger partial charge in [-0.2, -0.15) is 0 Å². The summed E-state index contributed by atoms with van der Waals surface area (Å²) in [5.74, 6) is -1.59. The van der Waals surface area contributed by atoms with Crippen LogP contribution >= 0.6 is 15.9 Å². The van der Waals surface area contributed by atoms with Gasteiger partial charge in [0.25, 0.3) is 0 Å². The quantitative estimate of drug-likeness (QED) is 0.290. The summed E-state index contributed by atoms with van der Waals surface area (Å²) in [5.41, 5.74) is 3.38. The Morgan fingerprint density at radius 3 is 2.57 bits per heavy atom. The van der Waals surface area contributed by atoms with E-state index < -0.39 is 11.9 Å². The fourth-order valence-electron chi connectivity index (χ4n) is 2.68. The number of carboxylic acid groups (broad SMARTS) is 2. The van der Waals surface area contributed by atoms with E-state index in [1.807, 2.05) is 30.6 Å². The first-order valence-electron chi connectivity index (χ1n) is 8.98. The third-order valence-corrected chi connectivity index (χ3v) is 4.46. The van der Waals surface area contributed by atoms with Gasteiger partial charge in [0.2, 0.25) is 0 Å². The second kappa shape index (κ2) is 11.7. The van der Waals surface area contributed by atoms with E-state index >= 15 is 0 Å². The van der Waals surface area contributed by atoms with Gasteiger partial charge in [-0.25, -0.2) is 14.6 Å². The van der Waals surface area contributed by atoms with Gasteiger partial charge in [-0.3, -0.25) is 0 Å². The normalized spacial score (nSPS) is 10.6. The smallest absolute Gasteiger partial charge is 0.328 e. The molecular formula is C21H22BrN3O5. The van der Waals surface area contributed by atoms with Crippen molar-refractivity contribution in [2.75, 3.05) is 13.7 Å². The number of nitrogens with one attached hydrogen (secondary N) is 2. The molecule has 0 atom stereocenters. The molecule has 0 saturated carbocycles. The number of halogens is 1. The van der Waals surface area contributed by atoms with Crippen molar-refractivity contribution in [1.82, 2.24) is 15.3 Å². The number of aromatic nitrogens is 2. The Morgan fingerprint density at radius 2 is 1.90 bits per heavy atom. The van der Waals surface area contributed by atoms with Gasteiger partial charge in [0.05, 0.1) is 7.11 Å². The van der Waals surface area contributed by atoms with E-state index in [0.29, 0.717) is 12.2 Å². The van der Waals surface area contributed by atoms with E-state index in [1.54, 1.807) is 7.11 Å². The second-order valence-electron chi connectivity index (χ2n) is 6.11. The largest absolute Gasteiger partial charge is 0.496 e. The number of H-pyrrole nitrogens is 1. The molecule has 0 bridgehead atoms. The third kappa shape index (κ3) is 7.34. The second-order valence-corrected chi connectivity index (χ2v) is 7.03. The number of carboxylic acids is 2. The Bertz CT molecular complexity index is 1020. The van der Waals surface area contributed by atoms with E-state index in [-0.39, 0.29) is 0 Å². The summed E-state index contributed by atoms with van der Waals surface area (Å²) in [6.45, 7) is 1.70. The lowest BCUT2D eigenvalue weighted by Gasteiger charge is -2.09. The molecule has 0 radical (unpaired) electrons. The van der Waals surface area contributed by atoms with Gasteiger partial charge in [0.15, 0.2) is 0 Å². The minimum Gasteiger partial charge on any atom is -0.496 e. The van der Waals surface area contributed by atoms with Gasteiger partial charge < -0.3 is 25.3 Å². The maximum atomic E-state index is 9.55. The summed E-state index contributed by atoms with van der Waals surface area (Å²) in [6, 6.07) is 10.2. The van der Waals surface area contributed by atoms with E-state index in [9.17, 15) is 9.59 Å². The van der Waals surface area contributed by atoms with Crippen LogP contribution < -0.4 is 10.1 Å². The lowest BCUT2D eigenvalue weighted by atomic mass is 10.1. The highest BCUT2D eigenvalue weighted by molar-refractivity contribution is 9.10. The number of hydrogen-bond acceptors (Lipinski definition) is 5. The minimum atomic E-state index is -1.26. The van der Waals surface area contributed by atoms with Gasteiger partial charge in [-0.05, 0) is 46.6 Å². The average molecular weight is 476 g/mol. The first-order valence-corrected chi connectivity index (χ1v) is 9.78. The highest BCUT2D eigenvalue weighted by Gasteiger charge is 2.06. The molecule has 158 valence electrons. The maximum Gasteiger partial charge on any atom is 0.328 e. The Morgan fingerprint density at radius 1 is 1.20 bits per heavy atom. The molecule has 0 amide bonds. The monoisotopic (exact) mass is 475 g/mol. The molecule has 0 unspecified atom stereocenters. The summed E-state index contributed by atoms with van der Waals surface area (Å²) in [4.78, 5) is 26.7. The van der Waals surface area contributed by atoms with E-state index in [1.165, 1.54) is 16.5 Å². The Labute approximate surface area is 181 Å². The van der Waals surface area contributed by atoms with Crippen molar-refractivity contribution in [2.24, 2.45) is 0 Å². The lowest BCUT2D eigenvalue weighted by Crippen LogP contribution is -2.17. The number of hydrogen-bond donors (Lipinski definition) is 4. The maximum absolute atomic E-state index is 9.55. The molecule has 30 heavy (non-hydrogen) atoms. The van der Waals surface area contributed by atoms with Crippen molar-refractivity contribution >= 4 is 38.9 Å². The van der Waals surface area contributed by atoms with Crippen LogP contribution in [0.15, 0.2) is 59.4 Å². The Balaban J connectivity index is 0.000000343. The zero-order valence-electron chi connectivity index (χ0n) is 16.3. The van der Waals surface area contributed by atoms with Crippen molar-refractivity contribution in [2.45, 2.75) is 13.0 Å². The summed E-state index contributed by atoms with van der Waals surface area (Å²) in [7, 11) is 1.70. The number of methoxy groups -OCH3 is 1. The van der Waals surface area contributed by atoms with Gasteiger partial charge in [0, 0.05) is 46.5 Å². The summed E-state index contributed by atoms with van der Waals surface area (Å²) in [6.07, 6.45) is 5.91. The van der Waals surface area contributed by atoms with E-state index in [0.717, 1.165) is 35.4 Å². The van der Waals surface area contributed by atoms with Crippen LogP contribution in [0, 0.1) is 0 Å². The predicted octanol–water partition coefficient (Wildman–Crippen LogP) is 3.38. The number of aliphatic carboxylic acids is 2. The molecule has 0 aliphatic heterocycles. The SMILES string of the molecule is COc1ccccc1CNCCc1c[nH]c2ncc(Br)cc12.O=C(O)/C=C/C(=O)O. The number of ether oxygens (including phenoxy) is 1. The zero-order valence-corrected chi connectivity index (χ0v) is 17.8. The molecular weight excluding hydrogens is 454 g/mol. The van der Waals surface area contributed by atoms with Gasteiger partial charge in [0.1, 0.15) is 11.4 Å². The summed E-state index contributed by atoms with van der Waals surface area (Å²) < 4.78 is 6.36. The molecule has 0 spiro atoms. The van der Waals surface area contributed by atoms with Crippen LogP contribution in [0.25, 0.3) is 11.0 Å². The standard InChI is InChI=1S/C17H18BrN3O.C4H4O4/c1-22-16-5-3-2-4-13(16)9-19-7-6-12-10-20-17-15(12)8-14(18)11-21-17;5-3(6)1-2-4(7)8/h2-5,8,10-11,19H,6-7,9H2,1H3,(H,20,21);1-2H,(H,5,6)(H,7,8)/b;2-1+. The summed E-state index contributed by atoms with van der Waals surface area (Å²) >= 11 is 3.47. The van der Waals surface area contributed by atoms with Crippen LogP contribution in [0.5, 0.6) is 5.75 Å². The van der Waals surface area contributed by atoms with Gasteiger partial charge in [-0.15, -0.1) is 0 Å². The van der Waals surface area contributed by atoms with Crippen molar-refractivity contribution in [3.8, 4) is 5.75 Å².